The van der Waals surface area contributed by atoms with Gasteiger partial charge in [0, 0.05) is 12.6 Å². The number of nitrogens with zero attached hydrogens (tertiary/aromatic N) is 2. The second-order valence-electron chi connectivity index (χ2n) is 4.18. The Labute approximate surface area is 98.5 Å². The van der Waals surface area contributed by atoms with E-state index in [1.165, 1.54) is 0 Å². The predicted molar refractivity (Wildman–Crippen MR) is 68.7 cm³/mol. The Balaban J connectivity index is 3.15. The van der Waals surface area contributed by atoms with Gasteiger partial charge in [0.1, 0.15) is 6.07 Å². The third-order valence-electron chi connectivity index (χ3n) is 3.05. The molecule has 1 atom stereocenters. The van der Waals surface area contributed by atoms with Gasteiger partial charge in [-0.25, -0.2) is 0 Å². The highest BCUT2D eigenvalue weighted by molar-refractivity contribution is 5.60. The molecule has 1 rings (SSSR count). The molecule has 1 aromatic rings. The largest absolute Gasteiger partial charge is 0.368 e. The van der Waals surface area contributed by atoms with E-state index in [0.717, 1.165) is 29.8 Å². The van der Waals surface area contributed by atoms with Gasteiger partial charge < -0.3 is 4.90 Å². The van der Waals surface area contributed by atoms with Gasteiger partial charge >= 0.3 is 0 Å². The molecule has 0 aliphatic heterocycles. The van der Waals surface area contributed by atoms with Crippen molar-refractivity contribution in [3.63, 3.8) is 0 Å². The van der Waals surface area contributed by atoms with Crippen molar-refractivity contribution in [3.8, 4) is 6.07 Å². The van der Waals surface area contributed by atoms with Crippen LogP contribution in [0.2, 0.25) is 0 Å². The zero-order valence-electron chi connectivity index (χ0n) is 10.6. The average molecular weight is 216 g/mol. The Morgan fingerprint density at radius 2 is 2.06 bits per heavy atom. The molecule has 2 heteroatoms. The Morgan fingerprint density at radius 1 is 1.38 bits per heavy atom. The summed E-state index contributed by atoms with van der Waals surface area (Å²) in [5.74, 6) is 0. The topological polar surface area (TPSA) is 27.0 Å². The van der Waals surface area contributed by atoms with Crippen LogP contribution in [-0.4, -0.2) is 12.6 Å². The smallest absolute Gasteiger partial charge is 0.101 e. The van der Waals surface area contributed by atoms with Crippen molar-refractivity contribution in [3.05, 3.63) is 29.3 Å². The maximum atomic E-state index is 9.17. The standard InChI is InChI=1S/C14H20N2/c1-5-12(4)16(6-2)14-8-7-11(3)9-13(14)10-15/h7-9,12H,5-6H2,1-4H3. The Kier molecular flexibility index (Phi) is 4.37. The summed E-state index contributed by atoms with van der Waals surface area (Å²) in [7, 11) is 0. The van der Waals surface area contributed by atoms with Gasteiger partial charge in [0.25, 0.3) is 0 Å². The Hall–Kier alpha value is -1.49. The van der Waals surface area contributed by atoms with Gasteiger partial charge in [0.2, 0.25) is 0 Å². The van der Waals surface area contributed by atoms with Crippen LogP contribution in [0.25, 0.3) is 0 Å². The zero-order valence-corrected chi connectivity index (χ0v) is 10.6. The molecule has 86 valence electrons. The van der Waals surface area contributed by atoms with Gasteiger partial charge in [0.15, 0.2) is 0 Å². The fourth-order valence-electron chi connectivity index (χ4n) is 1.93. The third kappa shape index (κ3) is 2.55. The van der Waals surface area contributed by atoms with E-state index in [9.17, 15) is 0 Å². The summed E-state index contributed by atoms with van der Waals surface area (Å²) >= 11 is 0. The molecular weight excluding hydrogens is 196 g/mol. The zero-order chi connectivity index (χ0) is 12.1. The van der Waals surface area contributed by atoms with Gasteiger partial charge in [-0.1, -0.05) is 13.0 Å². The summed E-state index contributed by atoms with van der Waals surface area (Å²) in [5, 5.41) is 9.17. The first-order chi connectivity index (χ1) is 7.63. The maximum Gasteiger partial charge on any atom is 0.101 e. The van der Waals surface area contributed by atoms with E-state index in [4.69, 9.17) is 5.26 Å². The summed E-state index contributed by atoms with van der Waals surface area (Å²) in [5.41, 5.74) is 2.98. The van der Waals surface area contributed by atoms with Gasteiger partial charge in [0.05, 0.1) is 11.3 Å². The number of anilines is 1. The molecule has 0 bridgehead atoms. The summed E-state index contributed by atoms with van der Waals surface area (Å²) in [6.07, 6.45) is 1.09. The van der Waals surface area contributed by atoms with E-state index in [1.807, 2.05) is 13.0 Å². The van der Waals surface area contributed by atoms with E-state index in [-0.39, 0.29) is 0 Å². The van der Waals surface area contributed by atoms with Crippen LogP contribution in [0.3, 0.4) is 0 Å². The van der Waals surface area contributed by atoms with Gasteiger partial charge in [-0.15, -0.1) is 0 Å². The molecule has 0 heterocycles. The molecule has 1 unspecified atom stereocenters. The Morgan fingerprint density at radius 3 is 2.56 bits per heavy atom. The lowest BCUT2D eigenvalue weighted by atomic mass is 10.1. The first-order valence-corrected chi connectivity index (χ1v) is 5.91. The molecule has 0 aromatic heterocycles. The van der Waals surface area contributed by atoms with Crippen LogP contribution in [0.1, 0.15) is 38.3 Å². The van der Waals surface area contributed by atoms with Gasteiger partial charge in [-0.05, 0) is 44.9 Å². The van der Waals surface area contributed by atoms with Crippen LogP contribution in [0.4, 0.5) is 5.69 Å². The number of benzene rings is 1. The number of hydrogen-bond acceptors (Lipinski definition) is 2. The van der Waals surface area contributed by atoms with Crippen molar-refractivity contribution in [1.29, 1.82) is 5.26 Å². The minimum Gasteiger partial charge on any atom is -0.368 e. The molecule has 0 aliphatic rings. The summed E-state index contributed by atoms with van der Waals surface area (Å²) in [6.45, 7) is 9.46. The molecule has 1 aromatic carbocycles. The second kappa shape index (κ2) is 5.55. The second-order valence-corrected chi connectivity index (χ2v) is 4.18. The molecule has 0 saturated heterocycles. The number of aryl methyl sites for hydroxylation is 1. The van der Waals surface area contributed by atoms with Crippen LogP contribution >= 0.6 is 0 Å². The van der Waals surface area contributed by atoms with Crippen LogP contribution in [0.15, 0.2) is 18.2 Å². The van der Waals surface area contributed by atoms with Crippen molar-refractivity contribution in [2.45, 2.75) is 40.2 Å². The van der Waals surface area contributed by atoms with Gasteiger partial charge in [-0.3, -0.25) is 0 Å². The highest BCUT2D eigenvalue weighted by atomic mass is 15.1. The Bertz CT molecular complexity index is 390. The summed E-state index contributed by atoms with van der Waals surface area (Å²) in [4.78, 5) is 2.29. The van der Waals surface area contributed by atoms with E-state index in [1.54, 1.807) is 0 Å². The van der Waals surface area contributed by atoms with E-state index < -0.39 is 0 Å². The highest BCUT2D eigenvalue weighted by Gasteiger charge is 2.14. The van der Waals surface area contributed by atoms with Gasteiger partial charge in [-0.2, -0.15) is 5.26 Å². The highest BCUT2D eigenvalue weighted by Crippen LogP contribution is 2.23. The van der Waals surface area contributed by atoms with Crippen molar-refractivity contribution in [2.75, 3.05) is 11.4 Å². The fourth-order valence-corrected chi connectivity index (χ4v) is 1.93. The normalized spacial score (nSPS) is 11.9. The monoisotopic (exact) mass is 216 g/mol. The summed E-state index contributed by atoms with van der Waals surface area (Å²) in [6, 6.07) is 8.85. The minimum absolute atomic E-state index is 0.472. The lowest BCUT2D eigenvalue weighted by molar-refractivity contribution is 0.629. The first kappa shape index (κ1) is 12.6. The average Bonchev–Trinajstić information content (AvgIpc) is 2.31. The molecule has 0 N–H and O–H groups in total. The number of rotatable bonds is 4. The fraction of sp³-hybridized carbons (Fsp3) is 0.500. The van der Waals surface area contributed by atoms with Crippen LogP contribution < -0.4 is 4.90 Å². The molecule has 0 fully saturated rings. The maximum absolute atomic E-state index is 9.17. The van der Waals surface area contributed by atoms with Crippen LogP contribution in [0, 0.1) is 18.3 Å². The third-order valence-corrected chi connectivity index (χ3v) is 3.05. The van der Waals surface area contributed by atoms with Crippen LogP contribution in [0.5, 0.6) is 0 Å². The number of nitriles is 1. The predicted octanol–water partition coefficient (Wildman–Crippen LogP) is 3.49. The molecule has 0 saturated carbocycles. The van der Waals surface area contributed by atoms with Crippen molar-refractivity contribution >= 4 is 5.69 Å². The van der Waals surface area contributed by atoms with Crippen molar-refractivity contribution in [1.82, 2.24) is 0 Å². The number of hydrogen-bond donors (Lipinski definition) is 0. The molecular formula is C14H20N2. The van der Waals surface area contributed by atoms with Crippen LogP contribution in [-0.2, 0) is 0 Å². The van der Waals surface area contributed by atoms with E-state index in [2.05, 4.69) is 43.9 Å². The SMILES string of the molecule is CCC(C)N(CC)c1ccc(C)cc1C#N. The van der Waals surface area contributed by atoms with Crippen molar-refractivity contribution < 1.29 is 0 Å². The van der Waals surface area contributed by atoms with E-state index >= 15 is 0 Å². The molecule has 2 nitrogen and oxygen atoms in total. The first-order valence-electron chi connectivity index (χ1n) is 5.91. The van der Waals surface area contributed by atoms with Crippen molar-refractivity contribution in [2.24, 2.45) is 0 Å². The molecule has 0 amide bonds. The minimum atomic E-state index is 0.472. The molecule has 16 heavy (non-hydrogen) atoms. The van der Waals surface area contributed by atoms with E-state index in [0.29, 0.717) is 6.04 Å². The molecule has 0 radical (unpaired) electrons. The summed E-state index contributed by atoms with van der Waals surface area (Å²) < 4.78 is 0. The quantitative estimate of drug-likeness (QED) is 0.770. The molecule has 0 aliphatic carbocycles. The lowest BCUT2D eigenvalue weighted by Crippen LogP contribution is -2.32. The molecule has 0 spiro atoms. The lowest BCUT2D eigenvalue weighted by Gasteiger charge is -2.30.